The monoisotopic (exact) mass is 312 g/mol. The summed E-state index contributed by atoms with van der Waals surface area (Å²) >= 11 is 0. The minimum Gasteiger partial charge on any atom is -0.493 e. The van der Waals surface area contributed by atoms with Gasteiger partial charge < -0.3 is 9.84 Å². The van der Waals surface area contributed by atoms with E-state index < -0.39 is 16.4 Å². The molecule has 0 amide bonds. The number of hydrogen-bond acceptors (Lipinski definition) is 3. The molecule has 3 nitrogen and oxygen atoms in total. The third-order valence-corrected chi connectivity index (χ3v) is 6.70. The second kappa shape index (κ2) is 5.69. The van der Waals surface area contributed by atoms with Crippen LogP contribution in [0.3, 0.4) is 0 Å². The van der Waals surface area contributed by atoms with Crippen molar-refractivity contribution in [3.05, 3.63) is 29.6 Å². The summed E-state index contributed by atoms with van der Waals surface area (Å²) in [5.74, 6) is 0.158. The van der Waals surface area contributed by atoms with Crippen molar-refractivity contribution in [2.24, 2.45) is 0 Å². The standard InChI is InChI=1S/C16H21FO3S/c1-2-20-15-7-6-11(17)8-14(15)16(18)9-12-4-3-5-13(10-16)21(12)19/h6-8,12-13,18H,2-5,9-10H2,1H3. The van der Waals surface area contributed by atoms with Crippen LogP contribution in [0.15, 0.2) is 18.2 Å². The van der Waals surface area contributed by atoms with Gasteiger partial charge in [0, 0.05) is 26.9 Å². The van der Waals surface area contributed by atoms with Crippen LogP contribution in [0.25, 0.3) is 0 Å². The molecule has 2 heterocycles. The molecule has 0 saturated carbocycles. The van der Waals surface area contributed by atoms with Crippen molar-refractivity contribution < 1.29 is 18.4 Å². The molecule has 0 radical (unpaired) electrons. The molecule has 1 N–H and O–H groups in total. The van der Waals surface area contributed by atoms with Crippen LogP contribution in [0, 0.1) is 5.82 Å². The summed E-state index contributed by atoms with van der Waals surface area (Å²) in [6.45, 7) is 2.33. The van der Waals surface area contributed by atoms with Crippen LogP contribution in [-0.2, 0) is 16.4 Å². The zero-order chi connectivity index (χ0) is 15.0. The van der Waals surface area contributed by atoms with E-state index in [1.165, 1.54) is 12.1 Å². The molecule has 0 aliphatic carbocycles. The molecule has 116 valence electrons. The van der Waals surface area contributed by atoms with Gasteiger partial charge in [0.1, 0.15) is 11.6 Å². The van der Waals surface area contributed by atoms with Crippen molar-refractivity contribution in [1.82, 2.24) is 0 Å². The van der Waals surface area contributed by atoms with Crippen LogP contribution in [0.5, 0.6) is 5.75 Å². The van der Waals surface area contributed by atoms with Crippen molar-refractivity contribution in [2.75, 3.05) is 6.61 Å². The summed E-state index contributed by atoms with van der Waals surface area (Å²) in [6.07, 6.45) is 3.69. The van der Waals surface area contributed by atoms with E-state index in [0.29, 0.717) is 30.8 Å². The SMILES string of the molecule is CCOc1ccc(F)cc1C1(O)CC2CCCC(C1)S2=O. The molecule has 0 aromatic heterocycles. The molecule has 5 heteroatoms. The van der Waals surface area contributed by atoms with Gasteiger partial charge in [-0.1, -0.05) is 6.42 Å². The largest absolute Gasteiger partial charge is 0.493 e. The van der Waals surface area contributed by atoms with Gasteiger partial charge in [-0.05, 0) is 50.8 Å². The first-order valence-corrected chi connectivity index (χ1v) is 8.85. The fourth-order valence-electron chi connectivity index (χ4n) is 3.65. The summed E-state index contributed by atoms with van der Waals surface area (Å²) in [7, 11) is -0.867. The summed E-state index contributed by atoms with van der Waals surface area (Å²) < 4.78 is 31.5. The van der Waals surface area contributed by atoms with Crippen molar-refractivity contribution in [1.29, 1.82) is 0 Å². The smallest absolute Gasteiger partial charge is 0.125 e. The molecule has 21 heavy (non-hydrogen) atoms. The van der Waals surface area contributed by atoms with Gasteiger partial charge in [-0.3, -0.25) is 4.21 Å². The molecule has 2 fully saturated rings. The highest BCUT2D eigenvalue weighted by atomic mass is 32.2. The van der Waals surface area contributed by atoms with Crippen molar-refractivity contribution in [3.63, 3.8) is 0 Å². The number of ether oxygens (including phenoxy) is 1. The van der Waals surface area contributed by atoms with Crippen molar-refractivity contribution in [2.45, 2.75) is 55.1 Å². The van der Waals surface area contributed by atoms with Gasteiger partial charge in [-0.25, -0.2) is 4.39 Å². The lowest BCUT2D eigenvalue weighted by Crippen LogP contribution is -2.47. The van der Waals surface area contributed by atoms with E-state index in [0.717, 1.165) is 19.3 Å². The van der Waals surface area contributed by atoms with Crippen molar-refractivity contribution in [3.8, 4) is 5.75 Å². The number of benzene rings is 1. The average Bonchev–Trinajstić information content (AvgIpc) is 2.43. The lowest BCUT2D eigenvalue weighted by Gasteiger charge is -2.44. The summed E-state index contributed by atoms with van der Waals surface area (Å²) in [5.41, 5.74) is -0.617. The Morgan fingerprint density at radius 1 is 1.38 bits per heavy atom. The highest BCUT2D eigenvalue weighted by Gasteiger charge is 2.47. The van der Waals surface area contributed by atoms with Crippen LogP contribution in [0.4, 0.5) is 4.39 Å². The summed E-state index contributed by atoms with van der Waals surface area (Å²) in [6, 6.07) is 4.29. The molecule has 2 atom stereocenters. The molecule has 3 rings (SSSR count). The minimum absolute atomic E-state index is 0.0141. The molecule has 1 aromatic rings. The highest BCUT2D eigenvalue weighted by molar-refractivity contribution is 7.86. The van der Waals surface area contributed by atoms with Gasteiger partial charge >= 0.3 is 0 Å². The number of hydrogen-bond donors (Lipinski definition) is 1. The second-order valence-corrected chi connectivity index (χ2v) is 8.01. The lowest BCUT2D eigenvalue weighted by molar-refractivity contribution is 0.00387. The topological polar surface area (TPSA) is 46.5 Å². The maximum atomic E-state index is 13.7. The van der Waals surface area contributed by atoms with E-state index >= 15 is 0 Å². The third-order valence-electron chi connectivity index (χ3n) is 4.58. The Bertz CT molecular complexity index is 544. The third kappa shape index (κ3) is 2.73. The first kappa shape index (κ1) is 15.0. The Kier molecular flexibility index (Phi) is 4.06. The van der Waals surface area contributed by atoms with Gasteiger partial charge in [0.2, 0.25) is 0 Å². The predicted molar refractivity (Wildman–Crippen MR) is 80.3 cm³/mol. The maximum absolute atomic E-state index is 13.7. The van der Waals surface area contributed by atoms with Crippen LogP contribution in [0.1, 0.15) is 44.6 Å². The molecule has 2 saturated heterocycles. The Morgan fingerprint density at radius 2 is 2.05 bits per heavy atom. The van der Waals surface area contributed by atoms with Gasteiger partial charge in [0.25, 0.3) is 0 Å². The summed E-state index contributed by atoms with van der Waals surface area (Å²) in [4.78, 5) is 0. The molecular weight excluding hydrogens is 291 g/mol. The fourth-order valence-corrected chi connectivity index (χ4v) is 5.87. The van der Waals surface area contributed by atoms with E-state index in [2.05, 4.69) is 0 Å². The Balaban J connectivity index is 1.99. The van der Waals surface area contributed by atoms with Crippen molar-refractivity contribution >= 4 is 10.8 Å². The van der Waals surface area contributed by atoms with E-state index in [9.17, 15) is 13.7 Å². The molecule has 2 aliphatic heterocycles. The molecule has 0 spiro atoms. The normalized spacial score (nSPS) is 35.5. The Morgan fingerprint density at radius 3 is 2.67 bits per heavy atom. The van der Waals surface area contributed by atoms with Crippen LogP contribution >= 0.6 is 0 Å². The van der Waals surface area contributed by atoms with E-state index in [-0.39, 0.29) is 16.3 Å². The fraction of sp³-hybridized carbons (Fsp3) is 0.625. The maximum Gasteiger partial charge on any atom is 0.125 e. The highest BCUT2D eigenvalue weighted by Crippen LogP contribution is 2.46. The zero-order valence-corrected chi connectivity index (χ0v) is 13.0. The zero-order valence-electron chi connectivity index (χ0n) is 12.2. The first-order chi connectivity index (χ1) is 10.0. The average molecular weight is 312 g/mol. The number of halogens is 1. The van der Waals surface area contributed by atoms with E-state index in [1.54, 1.807) is 6.07 Å². The molecule has 2 unspecified atom stereocenters. The minimum atomic E-state index is -1.13. The Labute approximate surface area is 127 Å². The quantitative estimate of drug-likeness (QED) is 0.933. The van der Waals surface area contributed by atoms with Gasteiger partial charge in [0.15, 0.2) is 0 Å². The molecule has 2 aliphatic rings. The van der Waals surface area contributed by atoms with Crippen LogP contribution < -0.4 is 4.74 Å². The van der Waals surface area contributed by atoms with E-state index in [4.69, 9.17) is 4.74 Å². The number of fused-ring (bicyclic) bond motifs is 2. The molecule has 1 aromatic carbocycles. The molecule has 2 bridgehead atoms. The van der Waals surface area contributed by atoms with Crippen LogP contribution in [0.2, 0.25) is 0 Å². The number of rotatable bonds is 3. The number of aliphatic hydroxyl groups is 1. The predicted octanol–water partition coefficient (Wildman–Crippen LogP) is 2.88. The second-order valence-electron chi connectivity index (χ2n) is 6.02. The lowest BCUT2D eigenvalue weighted by atomic mass is 9.80. The van der Waals surface area contributed by atoms with Gasteiger partial charge in [-0.15, -0.1) is 0 Å². The van der Waals surface area contributed by atoms with Crippen LogP contribution in [-0.4, -0.2) is 26.4 Å². The van der Waals surface area contributed by atoms with Gasteiger partial charge in [0.05, 0.1) is 12.2 Å². The van der Waals surface area contributed by atoms with Gasteiger partial charge in [-0.2, -0.15) is 0 Å². The Hall–Kier alpha value is -0.940. The summed E-state index contributed by atoms with van der Waals surface area (Å²) in [5, 5.41) is 11.1. The first-order valence-electron chi connectivity index (χ1n) is 7.58. The molecular formula is C16H21FO3S. The van der Waals surface area contributed by atoms with E-state index in [1.807, 2.05) is 6.92 Å².